The average molecular weight is 259 g/mol. The lowest BCUT2D eigenvalue weighted by Gasteiger charge is -2.08. The summed E-state index contributed by atoms with van der Waals surface area (Å²) in [5.74, 6) is 1.60. The third kappa shape index (κ3) is 3.80. The topological polar surface area (TPSA) is 71.8 Å². The molecule has 0 fully saturated rings. The van der Waals surface area contributed by atoms with Crippen molar-refractivity contribution < 1.29 is 4.79 Å². The number of carbonyl (C=O) groups excluding carboxylic acids is 1. The highest BCUT2D eigenvalue weighted by molar-refractivity contribution is 5.75. The van der Waals surface area contributed by atoms with Crippen LogP contribution in [0.5, 0.6) is 0 Å². The molecule has 6 heteroatoms. The molecule has 19 heavy (non-hydrogen) atoms. The first-order valence-electron chi connectivity index (χ1n) is 6.25. The van der Waals surface area contributed by atoms with E-state index in [1.54, 1.807) is 0 Å². The van der Waals surface area contributed by atoms with Gasteiger partial charge in [0, 0.05) is 38.0 Å². The first-order valence-corrected chi connectivity index (χ1v) is 6.25. The molecule has 0 aromatic carbocycles. The number of aromatic nitrogens is 3. The van der Waals surface area contributed by atoms with Crippen LogP contribution in [0.1, 0.15) is 13.3 Å². The van der Waals surface area contributed by atoms with Crippen LogP contribution in [0.15, 0.2) is 36.9 Å². The maximum atomic E-state index is 11.1. The lowest BCUT2D eigenvalue weighted by atomic mass is 10.4. The number of hydrogen-bond acceptors (Lipinski definition) is 4. The van der Waals surface area contributed by atoms with Crippen molar-refractivity contribution in [1.82, 2.24) is 19.9 Å². The van der Waals surface area contributed by atoms with Crippen molar-refractivity contribution in [3.63, 3.8) is 0 Å². The van der Waals surface area contributed by atoms with Crippen LogP contribution in [-0.4, -0.2) is 33.5 Å². The van der Waals surface area contributed by atoms with E-state index >= 15 is 0 Å². The Morgan fingerprint density at radius 3 is 2.79 bits per heavy atom. The number of hydrogen-bond donors (Lipinski definition) is 2. The number of rotatable bonds is 6. The molecule has 0 aliphatic rings. The zero-order valence-electron chi connectivity index (χ0n) is 10.8. The van der Waals surface area contributed by atoms with Crippen LogP contribution in [0.4, 0.5) is 5.82 Å². The van der Waals surface area contributed by atoms with E-state index in [2.05, 4.69) is 20.6 Å². The standard InChI is InChI=1S/C13H17N5O/c1-2-13(19)15-6-5-14-11-9-12(17-10-16-11)18-7-3-4-8-18/h3-4,7-10H,2,5-6H2,1H3,(H,15,19)(H,14,16,17). The highest BCUT2D eigenvalue weighted by Crippen LogP contribution is 2.08. The fourth-order valence-electron chi connectivity index (χ4n) is 1.59. The van der Waals surface area contributed by atoms with Crippen molar-refractivity contribution in [2.75, 3.05) is 18.4 Å². The van der Waals surface area contributed by atoms with Crippen molar-refractivity contribution in [3.8, 4) is 5.82 Å². The first-order chi connectivity index (χ1) is 9.29. The SMILES string of the molecule is CCC(=O)NCCNc1cc(-n2cccc2)ncn1. The predicted molar refractivity (Wildman–Crippen MR) is 73.1 cm³/mol. The molecule has 0 radical (unpaired) electrons. The Balaban J connectivity index is 1.88. The minimum absolute atomic E-state index is 0.0533. The normalized spacial score (nSPS) is 10.2. The van der Waals surface area contributed by atoms with E-state index in [4.69, 9.17) is 0 Å². The van der Waals surface area contributed by atoms with Crippen LogP contribution >= 0.6 is 0 Å². The number of carbonyl (C=O) groups is 1. The molecule has 2 aromatic rings. The zero-order chi connectivity index (χ0) is 13.5. The van der Waals surface area contributed by atoms with Gasteiger partial charge < -0.3 is 15.2 Å². The smallest absolute Gasteiger partial charge is 0.219 e. The number of nitrogens with zero attached hydrogens (tertiary/aromatic N) is 3. The van der Waals surface area contributed by atoms with Crippen molar-refractivity contribution in [3.05, 3.63) is 36.9 Å². The van der Waals surface area contributed by atoms with Gasteiger partial charge in [-0.1, -0.05) is 6.92 Å². The summed E-state index contributed by atoms with van der Waals surface area (Å²) in [6.45, 7) is 3.04. The summed E-state index contributed by atoms with van der Waals surface area (Å²) in [4.78, 5) is 19.4. The van der Waals surface area contributed by atoms with Crippen LogP contribution in [0.25, 0.3) is 5.82 Å². The second kappa shape index (κ2) is 6.53. The van der Waals surface area contributed by atoms with Crippen LogP contribution < -0.4 is 10.6 Å². The van der Waals surface area contributed by atoms with Gasteiger partial charge in [0.25, 0.3) is 0 Å². The van der Waals surface area contributed by atoms with Crippen molar-refractivity contribution in [1.29, 1.82) is 0 Å². The molecule has 0 aliphatic heterocycles. The molecule has 2 rings (SSSR count). The molecular formula is C13H17N5O. The van der Waals surface area contributed by atoms with Crippen molar-refractivity contribution in [2.45, 2.75) is 13.3 Å². The molecule has 0 saturated carbocycles. The Morgan fingerprint density at radius 1 is 1.26 bits per heavy atom. The highest BCUT2D eigenvalue weighted by atomic mass is 16.1. The van der Waals surface area contributed by atoms with E-state index < -0.39 is 0 Å². The Morgan fingerprint density at radius 2 is 2.05 bits per heavy atom. The van der Waals surface area contributed by atoms with Gasteiger partial charge in [-0.3, -0.25) is 4.79 Å². The zero-order valence-corrected chi connectivity index (χ0v) is 10.8. The van der Waals surface area contributed by atoms with Gasteiger partial charge in [-0.25, -0.2) is 9.97 Å². The van der Waals surface area contributed by atoms with Crippen LogP contribution in [0.3, 0.4) is 0 Å². The van der Waals surface area contributed by atoms with E-state index in [1.807, 2.05) is 42.1 Å². The molecule has 1 amide bonds. The van der Waals surface area contributed by atoms with Crippen LogP contribution in [0, 0.1) is 0 Å². The molecule has 0 unspecified atom stereocenters. The third-order valence-corrected chi connectivity index (χ3v) is 2.60. The Bertz CT molecular complexity index is 524. The molecule has 2 N–H and O–H groups in total. The summed E-state index contributed by atoms with van der Waals surface area (Å²) in [7, 11) is 0. The fourth-order valence-corrected chi connectivity index (χ4v) is 1.59. The second-order valence-electron chi connectivity index (χ2n) is 3.98. The van der Waals surface area contributed by atoms with E-state index in [1.165, 1.54) is 6.33 Å². The average Bonchev–Trinajstić information content (AvgIpc) is 2.98. The van der Waals surface area contributed by atoms with E-state index in [-0.39, 0.29) is 5.91 Å². The summed E-state index contributed by atoms with van der Waals surface area (Å²) in [6, 6.07) is 5.74. The van der Waals surface area contributed by atoms with E-state index in [0.29, 0.717) is 19.5 Å². The fraction of sp³-hybridized carbons (Fsp3) is 0.308. The van der Waals surface area contributed by atoms with Gasteiger partial charge in [0.2, 0.25) is 5.91 Å². The lowest BCUT2D eigenvalue weighted by molar-refractivity contribution is -0.120. The van der Waals surface area contributed by atoms with Crippen molar-refractivity contribution in [2.24, 2.45) is 0 Å². The Kier molecular flexibility index (Phi) is 4.49. The van der Waals surface area contributed by atoms with Gasteiger partial charge in [0.15, 0.2) is 0 Å². The monoisotopic (exact) mass is 259 g/mol. The first kappa shape index (κ1) is 13.1. The Hall–Kier alpha value is -2.37. The highest BCUT2D eigenvalue weighted by Gasteiger charge is 2.00. The van der Waals surface area contributed by atoms with Gasteiger partial charge in [-0.05, 0) is 12.1 Å². The molecule has 0 atom stereocenters. The predicted octanol–water partition coefficient (Wildman–Crippen LogP) is 1.21. The summed E-state index contributed by atoms with van der Waals surface area (Å²) in [5.41, 5.74) is 0. The molecule has 2 heterocycles. The van der Waals surface area contributed by atoms with Gasteiger partial charge in [0.05, 0.1) is 0 Å². The van der Waals surface area contributed by atoms with Gasteiger partial charge in [0.1, 0.15) is 18.0 Å². The molecule has 0 aliphatic carbocycles. The van der Waals surface area contributed by atoms with Crippen LogP contribution in [0.2, 0.25) is 0 Å². The minimum Gasteiger partial charge on any atom is -0.368 e. The van der Waals surface area contributed by atoms with Gasteiger partial charge in [-0.15, -0.1) is 0 Å². The number of nitrogens with one attached hydrogen (secondary N) is 2. The maximum Gasteiger partial charge on any atom is 0.219 e. The molecule has 100 valence electrons. The van der Waals surface area contributed by atoms with E-state index in [0.717, 1.165) is 11.6 Å². The second-order valence-corrected chi connectivity index (χ2v) is 3.98. The molecule has 6 nitrogen and oxygen atoms in total. The molecule has 0 bridgehead atoms. The van der Waals surface area contributed by atoms with Crippen molar-refractivity contribution >= 4 is 11.7 Å². The summed E-state index contributed by atoms with van der Waals surface area (Å²) < 4.78 is 1.91. The third-order valence-electron chi connectivity index (χ3n) is 2.60. The maximum absolute atomic E-state index is 11.1. The van der Waals surface area contributed by atoms with Crippen LogP contribution in [-0.2, 0) is 4.79 Å². The molecule has 0 spiro atoms. The van der Waals surface area contributed by atoms with Gasteiger partial charge in [-0.2, -0.15) is 0 Å². The van der Waals surface area contributed by atoms with E-state index in [9.17, 15) is 4.79 Å². The largest absolute Gasteiger partial charge is 0.368 e. The Labute approximate surface area is 111 Å². The quantitative estimate of drug-likeness (QED) is 0.765. The number of anilines is 1. The molecular weight excluding hydrogens is 242 g/mol. The summed E-state index contributed by atoms with van der Waals surface area (Å²) >= 11 is 0. The lowest BCUT2D eigenvalue weighted by Crippen LogP contribution is -2.28. The summed E-state index contributed by atoms with van der Waals surface area (Å²) in [6.07, 6.45) is 5.87. The summed E-state index contributed by atoms with van der Waals surface area (Å²) in [5, 5.41) is 5.94. The number of amides is 1. The van der Waals surface area contributed by atoms with Gasteiger partial charge >= 0.3 is 0 Å². The molecule has 2 aromatic heterocycles. The minimum atomic E-state index is 0.0533. The molecule has 0 saturated heterocycles.